The molecule has 0 unspecified atom stereocenters. The van der Waals surface area contributed by atoms with E-state index < -0.39 is 29.3 Å². The van der Waals surface area contributed by atoms with Crippen LogP contribution in [0.4, 0.5) is 25.0 Å². The molecule has 0 saturated heterocycles. The maximum absolute atomic E-state index is 14.0. The monoisotopic (exact) mass is 483 g/mol. The first kappa shape index (κ1) is 22.3. The van der Waals surface area contributed by atoms with E-state index in [2.05, 4.69) is 10.6 Å². The summed E-state index contributed by atoms with van der Waals surface area (Å²) in [5.74, 6) is -1.39. The van der Waals surface area contributed by atoms with Crippen LogP contribution in [0.1, 0.15) is 46.4 Å². The van der Waals surface area contributed by atoms with Crippen LogP contribution in [-0.4, -0.2) is 23.6 Å². The van der Waals surface area contributed by atoms with Gasteiger partial charge in [-0.1, -0.05) is 24.6 Å². The molecule has 2 aliphatic rings. The van der Waals surface area contributed by atoms with Gasteiger partial charge in [0.2, 0.25) is 0 Å². The van der Waals surface area contributed by atoms with E-state index in [1.165, 1.54) is 41.3 Å². The van der Waals surface area contributed by atoms with E-state index in [4.69, 9.17) is 11.6 Å². The molecular weight excluding hydrogens is 464 g/mol. The van der Waals surface area contributed by atoms with Crippen molar-refractivity contribution < 1.29 is 23.5 Å². The number of anilines is 2. The molecule has 0 aromatic heterocycles. The van der Waals surface area contributed by atoms with E-state index in [1.807, 2.05) is 0 Å². The minimum absolute atomic E-state index is 0.0561. The van der Waals surface area contributed by atoms with Crippen molar-refractivity contribution in [3.8, 4) is 0 Å². The van der Waals surface area contributed by atoms with E-state index in [1.54, 1.807) is 25.1 Å². The smallest absolute Gasteiger partial charge is 0.326 e. The normalized spacial score (nSPS) is 20.7. The Hall–Kier alpha value is -3.49. The number of urea groups is 1. The number of rotatable bonds is 3. The Balaban J connectivity index is 1.53. The molecule has 3 aromatic carbocycles. The van der Waals surface area contributed by atoms with Crippen molar-refractivity contribution in [1.82, 2.24) is 5.32 Å². The van der Waals surface area contributed by atoms with Crippen molar-refractivity contribution in [2.75, 3.05) is 16.8 Å². The van der Waals surface area contributed by atoms with Crippen LogP contribution in [0.3, 0.4) is 0 Å². The van der Waals surface area contributed by atoms with Crippen molar-refractivity contribution >= 4 is 34.9 Å². The van der Waals surface area contributed by atoms with E-state index in [0.29, 0.717) is 33.6 Å². The second-order valence-corrected chi connectivity index (χ2v) is 8.81. The molecule has 6 nitrogen and oxygen atoms in total. The van der Waals surface area contributed by atoms with Crippen LogP contribution in [0.25, 0.3) is 0 Å². The van der Waals surface area contributed by atoms with Gasteiger partial charge in [0, 0.05) is 33.0 Å². The molecule has 0 saturated carbocycles. The summed E-state index contributed by atoms with van der Waals surface area (Å²) in [5, 5.41) is 16.9. The number of hydrogen-bond acceptors (Lipinski definition) is 3. The summed E-state index contributed by atoms with van der Waals surface area (Å²) < 4.78 is 27.8. The third-order valence-electron chi connectivity index (χ3n) is 6.43. The van der Waals surface area contributed by atoms with Gasteiger partial charge >= 0.3 is 6.03 Å². The van der Waals surface area contributed by atoms with Crippen LogP contribution in [-0.2, 0) is 5.60 Å². The fraction of sp³-hybridized carbons (Fsp3) is 0.200. The molecule has 5 rings (SSSR count). The zero-order chi connectivity index (χ0) is 24.2. The third kappa shape index (κ3) is 3.50. The summed E-state index contributed by atoms with van der Waals surface area (Å²) in [6.07, 6.45) is 0.284. The lowest BCUT2D eigenvalue weighted by atomic mass is 9.93. The Morgan fingerprint density at radius 1 is 1.21 bits per heavy atom. The maximum Gasteiger partial charge on any atom is 0.326 e. The molecule has 0 fully saturated rings. The van der Waals surface area contributed by atoms with Crippen molar-refractivity contribution in [2.24, 2.45) is 0 Å². The Kier molecular flexibility index (Phi) is 5.30. The summed E-state index contributed by atoms with van der Waals surface area (Å²) in [6.45, 7) is 1.70. The molecule has 0 aliphatic carbocycles. The quantitative estimate of drug-likeness (QED) is 0.484. The highest BCUT2D eigenvalue weighted by Gasteiger charge is 2.43. The first-order chi connectivity index (χ1) is 16.2. The van der Waals surface area contributed by atoms with Gasteiger partial charge < -0.3 is 15.7 Å². The van der Waals surface area contributed by atoms with E-state index in [0.717, 1.165) is 0 Å². The lowest BCUT2D eigenvalue weighted by molar-refractivity contribution is 0.0503. The van der Waals surface area contributed by atoms with Crippen molar-refractivity contribution in [2.45, 2.75) is 25.0 Å². The van der Waals surface area contributed by atoms with E-state index in [9.17, 15) is 23.5 Å². The van der Waals surface area contributed by atoms with E-state index in [-0.39, 0.29) is 23.9 Å². The van der Waals surface area contributed by atoms with Gasteiger partial charge in [0.05, 0.1) is 18.3 Å². The summed E-state index contributed by atoms with van der Waals surface area (Å²) in [6, 6.07) is 11.3. The highest BCUT2D eigenvalue weighted by Crippen LogP contribution is 2.43. The fourth-order valence-corrected chi connectivity index (χ4v) is 4.87. The molecule has 3 aromatic rings. The van der Waals surface area contributed by atoms with Gasteiger partial charge in [0.15, 0.2) is 0 Å². The zero-order valence-electron chi connectivity index (χ0n) is 18.0. The average molecular weight is 484 g/mol. The Morgan fingerprint density at radius 3 is 2.71 bits per heavy atom. The Bertz CT molecular complexity index is 1350. The lowest BCUT2D eigenvalue weighted by Crippen LogP contribution is -2.39. The summed E-state index contributed by atoms with van der Waals surface area (Å²) >= 11 is 6.30. The number of hydrogen-bond donors (Lipinski definition) is 3. The molecular formula is C25H20ClF2N3O3. The number of carbonyl (C=O) groups is 2. The number of aliphatic hydroxyl groups is 1. The Morgan fingerprint density at radius 2 is 1.94 bits per heavy atom. The van der Waals surface area contributed by atoms with Gasteiger partial charge in [0.25, 0.3) is 5.91 Å². The SMILES string of the molecule is CC[C@@]1(O)CN(C(=O)Nc2cccc3c2[C@H](c2cc(F)ccc2Cl)NC3=O)c2ccc(F)cc21. The maximum atomic E-state index is 14.0. The van der Waals surface area contributed by atoms with Crippen LogP contribution in [0, 0.1) is 11.6 Å². The molecule has 2 atom stereocenters. The molecule has 9 heteroatoms. The van der Waals surface area contributed by atoms with Gasteiger partial charge in [-0.3, -0.25) is 9.69 Å². The van der Waals surface area contributed by atoms with Gasteiger partial charge in [-0.25, -0.2) is 13.6 Å². The second-order valence-electron chi connectivity index (χ2n) is 8.40. The van der Waals surface area contributed by atoms with Gasteiger partial charge in [-0.2, -0.15) is 0 Å². The molecule has 3 amide bonds. The van der Waals surface area contributed by atoms with Gasteiger partial charge in [0.1, 0.15) is 17.2 Å². The summed E-state index contributed by atoms with van der Waals surface area (Å²) in [5.41, 5.74) is 0.830. The zero-order valence-corrected chi connectivity index (χ0v) is 18.8. The summed E-state index contributed by atoms with van der Waals surface area (Å²) in [4.78, 5) is 27.3. The number of halogens is 3. The number of amides is 3. The van der Waals surface area contributed by atoms with Crippen LogP contribution in [0.15, 0.2) is 54.6 Å². The first-order valence-electron chi connectivity index (χ1n) is 10.7. The molecule has 0 radical (unpaired) electrons. The number of nitrogens with one attached hydrogen (secondary N) is 2. The van der Waals surface area contributed by atoms with Crippen LogP contribution in [0.5, 0.6) is 0 Å². The molecule has 0 spiro atoms. The van der Waals surface area contributed by atoms with Gasteiger partial charge in [-0.15, -0.1) is 0 Å². The molecule has 2 aliphatic heterocycles. The standard InChI is InChI=1S/C25H20ClF2N3O3/c1-2-25(34)12-31(20-9-7-14(28)11-17(20)25)24(33)29-19-5-3-4-15-21(19)22(30-23(15)32)16-10-13(27)6-8-18(16)26/h3-11,22,34H,2,12H2,1H3,(H,29,33)(H,30,32)/t22-,25+/m0/s1. The number of carbonyl (C=O) groups excluding carboxylic acids is 2. The average Bonchev–Trinajstić information content (AvgIpc) is 3.31. The molecule has 3 N–H and O–H groups in total. The number of nitrogens with zero attached hydrogens (tertiary/aromatic N) is 1. The lowest BCUT2D eigenvalue weighted by Gasteiger charge is -2.24. The van der Waals surface area contributed by atoms with Crippen molar-refractivity contribution in [1.29, 1.82) is 0 Å². The topological polar surface area (TPSA) is 81.7 Å². The number of benzene rings is 3. The van der Waals surface area contributed by atoms with Crippen LogP contribution in [0.2, 0.25) is 5.02 Å². The summed E-state index contributed by atoms with van der Waals surface area (Å²) in [7, 11) is 0. The predicted molar refractivity (Wildman–Crippen MR) is 124 cm³/mol. The fourth-order valence-electron chi connectivity index (χ4n) is 4.65. The minimum Gasteiger partial charge on any atom is -0.383 e. The number of fused-ring (bicyclic) bond motifs is 2. The highest BCUT2D eigenvalue weighted by atomic mass is 35.5. The van der Waals surface area contributed by atoms with Crippen molar-refractivity contribution in [3.05, 3.63) is 93.5 Å². The van der Waals surface area contributed by atoms with E-state index >= 15 is 0 Å². The molecule has 0 bridgehead atoms. The van der Waals surface area contributed by atoms with Crippen LogP contribution >= 0.6 is 11.6 Å². The minimum atomic E-state index is -1.39. The Labute approximate surface area is 199 Å². The molecule has 174 valence electrons. The first-order valence-corrected chi connectivity index (χ1v) is 11.1. The second kappa shape index (κ2) is 8.07. The number of β-amino-alcohol motifs (C(OH)–C–C–N with tert-alkyl or cyclic N) is 1. The predicted octanol–water partition coefficient (Wildman–Crippen LogP) is 5.10. The van der Waals surface area contributed by atoms with Gasteiger partial charge in [-0.05, 0) is 55.0 Å². The van der Waals surface area contributed by atoms with Crippen molar-refractivity contribution in [3.63, 3.8) is 0 Å². The largest absolute Gasteiger partial charge is 0.383 e. The highest BCUT2D eigenvalue weighted by molar-refractivity contribution is 6.31. The van der Waals surface area contributed by atoms with Crippen LogP contribution < -0.4 is 15.5 Å². The molecule has 2 heterocycles. The molecule has 34 heavy (non-hydrogen) atoms. The third-order valence-corrected chi connectivity index (χ3v) is 6.77.